The van der Waals surface area contributed by atoms with Gasteiger partial charge in [-0.1, -0.05) is 12.8 Å². The quantitative estimate of drug-likeness (QED) is 0.861. The molecule has 0 saturated heterocycles. The molecule has 0 atom stereocenters. The molecular weight excluding hydrogens is 234 g/mol. The van der Waals surface area contributed by atoms with E-state index in [9.17, 15) is 14.7 Å². The fraction of sp³-hybridized carbons (Fsp3) is 0.538. The molecule has 5 nitrogen and oxygen atoms in total. The lowest BCUT2D eigenvalue weighted by Gasteiger charge is -2.25. The molecule has 1 heterocycles. The van der Waals surface area contributed by atoms with Gasteiger partial charge in [0.2, 0.25) is 0 Å². The van der Waals surface area contributed by atoms with Crippen molar-refractivity contribution in [2.24, 2.45) is 0 Å². The van der Waals surface area contributed by atoms with Gasteiger partial charge in [-0.2, -0.15) is 0 Å². The zero-order valence-corrected chi connectivity index (χ0v) is 10.6. The largest absolute Gasteiger partial charge is 0.480 e. The molecule has 1 saturated carbocycles. The van der Waals surface area contributed by atoms with Crippen molar-refractivity contribution in [2.45, 2.75) is 45.1 Å². The van der Waals surface area contributed by atoms with Crippen molar-refractivity contribution in [2.75, 3.05) is 0 Å². The summed E-state index contributed by atoms with van der Waals surface area (Å²) < 4.78 is 5.29. The van der Waals surface area contributed by atoms with Crippen LogP contribution in [0.15, 0.2) is 10.5 Å². The second-order valence-electron chi connectivity index (χ2n) is 4.88. The molecule has 1 aliphatic carbocycles. The summed E-state index contributed by atoms with van der Waals surface area (Å²) in [4.78, 5) is 23.5. The number of rotatable bonds is 3. The molecule has 18 heavy (non-hydrogen) atoms. The predicted octanol–water partition coefficient (Wildman–Crippen LogP) is 2.02. The number of carboxylic acids is 1. The Kier molecular flexibility index (Phi) is 3.15. The minimum atomic E-state index is -1.10. The Morgan fingerprint density at radius 2 is 1.94 bits per heavy atom. The zero-order valence-electron chi connectivity index (χ0n) is 10.6. The van der Waals surface area contributed by atoms with Crippen molar-refractivity contribution >= 4 is 11.9 Å². The first-order valence-corrected chi connectivity index (χ1v) is 6.07. The minimum Gasteiger partial charge on any atom is -0.480 e. The molecule has 1 aromatic heterocycles. The van der Waals surface area contributed by atoms with Crippen molar-refractivity contribution in [3.05, 3.63) is 23.2 Å². The van der Waals surface area contributed by atoms with Gasteiger partial charge in [0.1, 0.15) is 17.1 Å². The van der Waals surface area contributed by atoms with Gasteiger partial charge in [-0.05, 0) is 32.8 Å². The number of nitrogens with one attached hydrogen (secondary N) is 1. The number of furan rings is 1. The van der Waals surface area contributed by atoms with Crippen LogP contribution in [0, 0.1) is 13.8 Å². The highest BCUT2D eigenvalue weighted by Gasteiger charge is 2.43. The maximum Gasteiger partial charge on any atom is 0.329 e. The molecule has 5 heteroatoms. The maximum atomic E-state index is 12.1. The van der Waals surface area contributed by atoms with Crippen LogP contribution < -0.4 is 5.32 Å². The smallest absolute Gasteiger partial charge is 0.329 e. The van der Waals surface area contributed by atoms with Crippen molar-refractivity contribution in [3.63, 3.8) is 0 Å². The first-order valence-electron chi connectivity index (χ1n) is 6.07. The standard InChI is InChI=1S/C13H17NO4/c1-8-7-10(9(2)18-8)11(15)14-13(12(16)17)5-3-4-6-13/h7H,3-6H2,1-2H3,(H,14,15)(H,16,17). The summed E-state index contributed by atoms with van der Waals surface area (Å²) in [5, 5.41) is 12.0. The molecule has 2 rings (SSSR count). The number of carboxylic acid groups (broad SMARTS) is 1. The summed E-state index contributed by atoms with van der Waals surface area (Å²) in [6, 6.07) is 1.63. The average molecular weight is 251 g/mol. The maximum absolute atomic E-state index is 12.1. The van der Waals surface area contributed by atoms with Crippen LogP contribution >= 0.6 is 0 Å². The fourth-order valence-corrected chi connectivity index (χ4v) is 2.51. The first-order chi connectivity index (χ1) is 8.44. The second-order valence-corrected chi connectivity index (χ2v) is 4.88. The Balaban J connectivity index is 2.20. The number of aryl methyl sites for hydroxylation is 2. The molecule has 2 N–H and O–H groups in total. The predicted molar refractivity (Wildman–Crippen MR) is 64.5 cm³/mol. The highest BCUT2D eigenvalue weighted by molar-refractivity contribution is 5.98. The van der Waals surface area contributed by atoms with Crippen molar-refractivity contribution in [1.82, 2.24) is 5.32 Å². The lowest BCUT2D eigenvalue weighted by atomic mass is 9.97. The van der Waals surface area contributed by atoms with Gasteiger partial charge in [0.25, 0.3) is 5.91 Å². The fourth-order valence-electron chi connectivity index (χ4n) is 2.51. The third kappa shape index (κ3) is 2.12. The van der Waals surface area contributed by atoms with Crippen LogP contribution in [0.5, 0.6) is 0 Å². The van der Waals surface area contributed by atoms with Gasteiger partial charge in [0.15, 0.2) is 0 Å². The van der Waals surface area contributed by atoms with E-state index in [1.54, 1.807) is 19.9 Å². The summed E-state index contributed by atoms with van der Waals surface area (Å²) in [6.45, 7) is 3.45. The highest BCUT2D eigenvalue weighted by Crippen LogP contribution is 2.30. The minimum absolute atomic E-state index is 0.367. The van der Waals surface area contributed by atoms with Crippen molar-refractivity contribution in [1.29, 1.82) is 0 Å². The van der Waals surface area contributed by atoms with Crippen LogP contribution in [0.25, 0.3) is 0 Å². The summed E-state index contributed by atoms with van der Waals surface area (Å²) in [7, 11) is 0. The molecule has 1 amide bonds. The number of amides is 1. The molecule has 0 aromatic carbocycles. The molecule has 1 aromatic rings. The third-order valence-electron chi connectivity index (χ3n) is 3.50. The van der Waals surface area contributed by atoms with Gasteiger partial charge in [-0.3, -0.25) is 4.79 Å². The number of hydrogen-bond donors (Lipinski definition) is 2. The number of carbonyl (C=O) groups excluding carboxylic acids is 1. The van der Waals surface area contributed by atoms with E-state index in [1.807, 2.05) is 0 Å². The van der Waals surface area contributed by atoms with E-state index in [0.717, 1.165) is 12.8 Å². The average Bonchev–Trinajstić information content (AvgIpc) is 2.86. The topological polar surface area (TPSA) is 79.5 Å². The van der Waals surface area contributed by atoms with Crippen molar-refractivity contribution < 1.29 is 19.1 Å². The van der Waals surface area contributed by atoms with Crippen LogP contribution in [0.2, 0.25) is 0 Å². The molecule has 98 valence electrons. The second kappa shape index (κ2) is 4.48. The van der Waals surface area contributed by atoms with Gasteiger partial charge < -0.3 is 14.8 Å². The van der Waals surface area contributed by atoms with Gasteiger partial charge in [0, 0.05) is 0 Å². The molecule has 0 bridgehead atoms. The third-order valence-corrected chi connectivity index (χ3v) is 3.50. The lowest BCUT2D eigenvalue weighted by Crippen LogP contribution is -2.52. The van der Waals surface area contributed by atoms with Crippen LogP contribution in [-0.4, -0.2) is 22.5 Å². The number of aliphatic carboxylic acids is 1. The Morgan fingerprint density at radius 3 is 2.39 bits per heavy atom. The van der Waals surface area contributed by atoms with Gasteiger partial charge in [-0.15, -0.1) is 0 Å². The molecule has 0 spiro atoms. The Labute approximate surface area is 105 Å². The zero-order chi connectivity index (χ0) is 13.3. The molecular formula is C13H17NO4. The summed E-state index contributed by atoms with van der Waals surface area (Å²) >= 11 is 0. The Bertz CT molecular complexity index is 483. The normalized spacial score (nSPS) is 17.7. The van der Waals surface area contributed by atoms with Crippen molar-refractivity contribution in [3.8, 4) is 0 Å². The number of carbonyl (C=O) groups is 2. The van der Waals surface area contributed by atoms with Gasteiger partial charge in [-0.25, -0.2) is 4.79 Å². The summed E-state index contributed by atoms with van der Waals surface area (Å²) in [6.07, 6.45) is 2.64. The van der Waals surface area contributed by atoms with Gasteiger partial charge >= 0.3 is 5.97 Å². The van der Waals surface area contributed by atoms with E-state index >= 15 is 0 Å². The first kappa shape index (κ1) is 12.7. The lowest BCUT2D eigenvalue weighted by molar-refractivity contribution is -0.144. The molecule has 0 unspecified atom stereocenters. The van der Waals surface area contributed by atoms with E-state index < -0.39 is 11.5 Å². The highest BCUT2D eigenvalue weighted by atomic mass is 16.4. The SMILES string of the molecule is Cc1cc(C(=O)NC2(C(=O)O)CCCC2)c(C)o1. The van der Waals surface area contributed by atoms with Crippen LogP contribution in [0.4, 0.5) is 0 Å². The molecule has 0 aliphatic heterocycles. The van der Waals surface area contributed by atoms with E-state index in [1.165, 1.54) is 0 Å². The Hall–Kier alpha value is -1.78. The number of hydrogen-bond acceptors (Lipinski definition) is 3. The van der Waals surface area contributed by atoms with E-state index in [4.69, 9.17) is 4.42 Å². The molecule has 1 fully saturated rings. The van der Waals surface area contributed by atoms with Gasteiger partial charge in [0.05, 0.1) is 5.56 Å². The summed E-state index contributed by atoms with van der Waals surface area (Å²) in [5.41, 5.74) is -0.686. The Morgan fingerprint density at radius 1 is 1.33 bits per heavy atom. The molecule has 0 radical (unpaired) electrons. The van der Waals surface area contributed by atoms with E-state index in [0.29, 0.717) is 29.9 Å². The van der Waals surface area contributed by atoms with Crippen LogP contribution in [0.3, 0.4) is 0 Å². The van der Waals surface area contributed by atoms with Crippen LogP contribution in [-0.2, 0) is 4.79 Å². The monoisotopic (exact) mass is 251 g/mol. The van der Waals surface area contributed by atoms with Crippen LogP contribution in [0.1, 0.15) is 47.6 Å². The molecule has 1 aliphatic rings. The van der Waals surface area contributed by atoms with E-state index in [2.05, 4.69) is 5.32 Å². The van der Waals surface area contributed by atoms with E-state index in [-0.39, 0.29) is 5.91 Å². The summed E-state index contributed by atoms with van der Waals surface area (Å²) in [5.74, 6) is -0.156.